The van der Waals surface area contributed by atoms with Gasteiger partial charge in [0.25, 0.3) is 0 Å². The van der Waals surface area contributed by atoms with Crippen molar-refractivity contribution in [3.63, 3.8) is 0 Å². The SMILES string of the molecule is C[C@@]12C=CC[C@H]1[C@@H]1CCC3CC(O)CC[C@]3(C)[C@]1(n1cnc3ccccc31)CC2. The number of nitrogens with zero attached hydrogens (tertiary/aromatic N) is 2. The van der Waals surface area contributed by atoms with Gasteiger partial charge in [-0.2, -0.15) is 0 Å². The number of allylic oxidation sites excluding steroid dienone is 2. The van der Waals surface area contributed by atoms with Crippen LogP contribution in [0.5, 0.6) is 0 Å². The average Bonchev–Trinajstić information content (AvgIpc) is 3.32. The van der Waals surface area contributed by atoms with Gasteiger partial charge in [-0.25, -0.2) is 4.98 Å². The van der Waals surface area contributed by atoms with Crippen molar-refractivity contribution in [2.24, 2.45) is 28.6 Å². The first kappa shape index (κ1) is 18.2. The van der Waals surface area contributed by atoms with Crippen LogP contribution in [-0.2, 0) is 5.54 Å². The number of rotatable bonds is 1. The van der Waals surface area contributed by atoms with Crippen LogP contribution in [0.3, 0.4) is 0 Å². The minimum atomic E-state index is -0.108. The molecule has 2 aromatic rings. The summed E-state index contributed by atoms with van der Waals surface area (Å²) in [5.74, 6) is 2.04. The summed E-state index contributed by atoms with van der Waals surface area (Å²) in [5.41, 5.74) is 3.13. The maximum absolute atomic E-state index is 10.5. The van der Waals surface area contributed by atoms with Gasteiger partial charge in [-0.1, -0.05) is 38.1 Å². The lowest BCUT2D eigenvalue weighted by atomic mass is 9.41. The fourth-order valence-corrected chi connectivity index (χ4v) is 8.51. The lowest BCUT2D eigenvalue weighted by Crippen LogP contribution is -2.65. The zero-order valence-electron chi connectivity index (χ0n) is 17.8. The number of para-hydroxylation sites is 2. The summed E-state index contributed by atoms with van der Waals surface area (Å²) >= 11 is 0. The van der Waals surface area contributed by atoms with Crippen LogP contribution in [-0.4, -0.2) is 20.8 Å². The van der Waals surface area contributed by atoms with Crippen molar-refractivity contribution in [1.29, 1.82) is 0 Å². The van der Waals surface area contributed by atoms with E-state index < -0.39 is 0 Å². The van der Waals surface area contributed by atoms with Gasteiger partial charge in [-0.05, 0) is 92.1 Å². The summed E-state index contributed by atoms with van der Waals surface area (Å²) in [7, 11) is 0. The van der Waals surface area contributed by atoms with E-state index >= 15 is 0 Å². The summed E-state index contributed by atoms with van der Waals surface area (Å²) in [6.45, 7) is 5.09. The van der Waals surface area contributed by atoms with Crippen molar-refractivity contribution in [3.05, 3.63) is 42.7 Å². The number of aliphatic hydroxyl groups excluding tert-OH is 1. The maximum atomic E-state index is 10.5. The molecule has 154 valence electrons. The molecule has 4 aliphatic carbocycles. The van der Waals surface area contributed by atoms with Crippen LogP contribution in [0.4, 0.5) is 0 Å². The molecule has 6 rings (SSSR count). The first-order chi connectivity index (χ1) is 14.0. The molecule has 3 nitrogen and oxygen atoms in total. The van der Waals surface area contributed by atoms with E-state index in [2.05, 4.69) is 61.2 Å². The van der Waals surface area contributed by atoms with Gasteiger partial charge >= 0.3 is 0 Å². The Morgan fingerprint density at radius 1 is 1.03 bits per heavy atom. The van der Waals surface area contributed by atoms with Crippen molar-refractivity contribution in [2.45, 2.75) is 76.9 Å². The molecule has 3 saturated carbocycles. The minimum absolute atomic E-state index is 0.108. The molecule has 1 heterocycles. The predicted octanol–water partition coefficient (Wildman–Crippen LogP) is 5.69. The molecule has 0 spiro atoms. The number of aliphatic hydroxyl groups is 1. The van der Waals surface area contributed by atoms with Crippen LogP contribution in [0.2, 0.25) is 0 Å². The average molecular weight is 391 g/mol. The molecular formula is C26H34N2O. The number of imidazole rings is 1. The molecule has 3 fully saturated rings. The van der Waals surface area contributed by atoms with Gasteiger partial charge in [0.15, 0.2) is 0 Å². The minimum Gasteiger partial charge on any atom is -0.393 e. The molecule has 0 bridgehead atoms. The van der Waals surface area contributed by atoms with Crippen LogP contribution in [0.25, 0.3) is 11.0 Å². The summed E-state index contributed by atoms with van der Waals surface area (Å²) < 4.78 is 2.63. The third-order valence-corrected chi connectivity index (χ3v) is 10.0. The number of hydrogen-bond acceptors (Lipinski definition) is 2. The van der Waals surface area contributed by atoms with Crippen molar-refractivity contribution in [3.8, 4) is 0 Å². The van der Waals surface area contributed by atoms with Crippen molar-refractivity contribution in [2.75, 3.05) is 0 Å². The van der Waals surface area contributed by atoms with Crippen LogP contribution in [0.1, 0.15) is 65.2 Å². The first-order valence-corrected chi connectivity index (χ1v) is 11.8. The molecule has 2 unspecified atom stereocenters. The monoisotopic (exact) mass is 390 g/mol. The van der Waals surface area contributed by atoms with Crippen LogP contribution in [0, 0.1) is 28.6 Å². The lowest BCUT2D eigenvalue weighted by Gasteiger charge is -2.67. The standard InChI is InChI=1S/C26H34N2O/c1-24-12-5-6-20(24)21-10-9-18-16-19(29)11-13-25(18,2)26(21,15-14-24)28-17-27-22-7-3-4-8-23(22)28/h3-5,7-8,12,17-21,29H,6,9-11,13-16H2,1-2H3/t18?,19?,20-,21-,24-,25-,26-/m0/s1. The van der Waals surface area contributed by atoms with E-state index in [-0.39, 0.29) is 17.1 Å². The Morgan fingerprint density at radius 2 is 1.90 bits per heavy atom. The van der Waals surface area contributed by atoms with Crippen LogP contribution in [0.15, 0.2) is 42.7 Å². The van der Waals surface area contributed by atoms with Gasteiger partial charge in [-0.15, -0.1) is 0 Å². The molecular weight excluding hydrogens is 356 g/mol. The Morgan fingerprint density at radius 3 is 2.79 bits per heavy atom. The molecule has 1 aromatic heterocycles. The Bertz CT molecular complexity index is 978. The quantitative estimate of drug-likeness (QED) is 0.636. The highest BCUT2D eigenvalue weighted by Crippen LogP contribution is 2.70. The smallest absolute Gasteiger partial charge is 0.0963 e. The normalized spacial score (nSPS) is 46.3. The summed E-state index contributed by atoms with van der Waals surface area (Å²) in [6, 6.07) is 8.72. The molecule has 29 heavy (non-hydrogen) atoms. The van der Waals surface area contributed by atoms with Gasteiger partial charge < -0.3 is 9.67 Å². The largest absolute Gasteiger partial charge is 0.393 e. The van der Waals surface area contributed by atoms with E-state index in [1.165, 1.54) is 37.6 Å². The van der Waals surface area contributed by atoms with Crippen LogP contribution < -0.4 is 0 Å². The Kier molecular flexibility index (Phi) is 3.74. The van der Waals surface area contributed by atoms with Gasteiger partial charge in [0.1, 0.15) is 0 Å². The first-order valence-electron chi connectivity index (χ1n) is 11.8. The fraction of sp³-hybridized carbons (Fsp3) is 0.654. The van der Waals surface area contributed by atoms with E-state index in [9.17, 15) is 5.11 Å². The highest BCUT2D eigenvalue weighted by atomic mass is 16.3. The fourth-order valence-electron chi connectivity index (χ4n) is 8.51. The van der Waals surface area contributed by atoms with E-state index in [4.69, 9.17) is 4.98 Å². The second-order valence-corrected chi connectivity index (χ2v) is 11.0. The maximum Gasteiger partial charge on any atom is 0.0963 e. The number of aromatic nitrogens is 2. The van der Waals surface area contributed by atoms with Crippen molar-refractivity contribution in [1.82, 2.24) is 9.55 Å². The third-order valence-electron chi connectivity index (χ3n) is 10.0. The number of benzene rings is 1. The zero-order valence-corrected chi connectivity index (χ0v) is 17.8. The van der Waals surface area contributed by atoms with Gasteiger partial charge in [0.05, 0.1) is 29.0 Å². The van der Waals surface area contributed by atoms with E-state index in [0.717, 1.165) is 30.7 Å². The molecule has 3 heteroatoms. The highest BCUT2D eigenvalue weighted by molar-refractivity contribution is 5.75. The molecule has 0 amide bonds. The predicted molar refractivity (Wildman–Crippen MR) is 116 cm³/mol. The van der Waals surface area contributed by atoms with Crippen molar-refractivity contribution < 1.29 is 5.11 Å². The van der Waals surface area contributed by atoms with Gasteiger partial charge in [0, 0.05) is 0 Å². The third kappa shape index (κ3) is 2.20. The van der Waals surface area contributed by atoms with E-state index in [0.29, 0.717) is 17.3 Å². The Hall–Kier alpha value is -1.61. The highest BCUT2D eigenvalue weighted by Gasteiger charge is 2.66. The molecule has 0 aliphatic heterocycles. The Labute approximate surface area is 174 Å². The zero-order chi connectivity index (χ0) is 19.9. The van der Waals surface area contributed by atoms with E-state index in [1.807, 2.05) is 0 Å². The summed E-state index contributed by atoms with van der Waals surface area (Å²) in [6.07, 6.45) is 16.4. The summed E-state index contributed by atoms with van der Waals surface area (Å²) in [5, 5.41) is 10.5. The Balaban J connectivity index is 1.59. The number of fused-ring (bicyclic) bond motifs is 6. The van der Waals surface area contributed by atoms with Gasteiger partial charge in [0.2, 0.25) is 0 Å². The molecule has 4 aliphatic rings. The number of hydrogen-bond donors (Lipinski definition) is 1. The van der Waals surface area contributed by atoms with Crippen molar-refractivity contribution >= 4 is 11.0 Å². The molecule has 0 saturated heterocycles. The molecule has 7 atom stereocenters. The molecule has 0 radical (unpaired) electrons. The second-order valence-electron chi connectivity index (χ2n) is 11.0. The van der Waals surface area contributed by atoms with Gasteiger partial charge in [-0.3, -0.25) is 0 Å². The molecule has 1 N–H and O–H groups in total. The topological polar surface area (TPSA) is 38.0 Å². The van der Waals surface area contributed by atoms with Crippen LogP contribution >= 0.6 is 0 Å². The molecule has 1 aromatic carbocycles. The van der Waals surface area contributed by atoms with E-state index in [1.54, 1.807) is 0 Å². The lowest BCUT2D eigenvalue weighted by molar-refractivity contribution is -0.172. The summed E-state index contributed by atoms with van der Waals surface area (Å²) in [4.78, 5) is 4.86. The second kappa shape index (κ2) is 5.97.